The number of Topliss-reactive ketones (excluding diaryl/α,β-unsaturated/α-hetero) is 1. The summed E-state index contributed by atoms with van der Waals surface area (Å²) in [4.78, 5) is 36.8. The maximum absolute atomic E-state index is 12.5. The standard InChI is InChI=1S/C24H30N2O6S/c1-6-26(7-2)33(30,31)20-10-8-19(9-11-20)24(29)25-14-22(28)32-15-21(27)23-17(4)12-16(3)13-18(23)5/h8-13H,6-7,14-15H2,1-5H3,(H,25,29). The number of nitrogens with one attached hydrogen (secondary N) is 1. The minimum atomic E-state index is -3.62. The number of esters is 1. The van der Waals surface area contributed by atoms with Gasteiger partial charge in [-0.1, -0.05) is 31.5 Å². The molecule has 2 aromatic rings. The van der Waals surface area contributed by atoms with E-state index in [4.69, 9.17) is 4.74 Å². The van der Waals surface area contributed by atoms with Gasteiger partial charge in [-0.15, -0.1) is 0 Å². The number of sulfonamides is 1. The zero-order valence-electron chi connectivity index (χ0n) is 19.6. The summed E-state index contributed by atoms with van der Waals surface area (Å²) in [6.45, 7) is 8.94. The average Bonchev–Trinajstić information content (AvgIpc) is 2.76. The predicted octanol–water partition coefficient (Wildman–Crippen LogP) is 2.80. The normalized spacial score (nSPS) is 11.3. The topological polar surface area (TPSA) is 110 Å². The van der Waals surface area contributed by atoms with Gasteiger partial charge in [0.1, 0.15) is 6.54 Å². The molecule has 0 aliphatic rings. The summed E-state index contributed by atoms with van der Waals surface area (Å²) in [5.74, 6) is -1.62. The van der Waals surface area contributed by atoms with Gasteiger partial charge >= 0.3 is 5.97 Å². The van der Waals surface area contributed by atoms with Gasteiger partial charge in [0.15, 0.2) is 6.61 Å². The van der Waals surface area contributed by atoms with Crippen molar-refractivity contribution in [2.45, 2.75) is 39.5 Å². The van der Waals surface area contributed by atoms with E-state index in [1.165, 1.54) is 28.6 Å². The number of ether oxygens (including phenoxy) is 1. The zero-order chi connectivity index (χ0) is 24.8. The Morgan fingerprint density at radius 3 is 2.00 bits per heavy atom. The van der Waals surface area contributed by atoms with Gasteiger partial charge in [-0.25, -0.2) is 8.42 Å². The van der Waals surface area contributed by atoms with Crippen LogP contribution in [0.1, 0.15) is 51.3 Å². The average molecular weight is 475 g/mol. The monoisotopic (exact) mass is 474 g/mol. The molecule has 1 amide bonds. The third-order valence-electron chi connectivity index (χ3n) is 5.17. The molecular formula is C24H30N2O6S. The minimum Gasteiger partial charge on any atom is -0.456 e. The molecule has 0 aliphatic carbocycles. The fraction of sp³-hybridized carbons (Fsp3) is 0.375. The number of carbonyl (C=O) groups is 3. The molecule has 0 aliphatic heterocycles. The lowest BCUT2D eigenvalue weighted by atomic mass is 9.97. The molecule has 9 heteroatoms. The molecule has 2 rings (SSSR count). The number of nitrogens with zero attached hydrogens (tertiary/aromatic N) is 1. The van der Waals surface area contributed by atoms with Crippen molar-refractivity contribution in [2.75, 3.05) is 26.2 Å². The number of benzene rings is 2. The van der Waals surface area contributed by atoms with E-state index in [2.05, 4.69) is 5.32 Å². The predicted molar refractivity (Wildman–Crippen MR) is 125 cm³/mol. The molecule has 0 aromatic heterocycles. The summed E-state index contributed by atoms with van der Waals surface area (Å²) < 4.78 is 31.4. The van der Waals surface area contributed by atoms with E-state index < -0.39 is 35.1 Å². The molecule has 33 heavy (non-hydrogen) atoms. The van der Waals surface area contributed by atoms with Gasteiger partial charge in [0.2, 0.25) is 15.8 Å². The summed E-state index contributed by atoms with van der Waals surface area (Å²) in [6.07, 6.45) is 0. The van der Waals surface area contributed by atoms with Crippen molar-refractivity contribution in [1.82, 2.24) is 9.62 Å². The van der Waals surface area contributed by atoms with Crippen LogP contribution < -0.4 is 5.32 Å². The molecule has 0 spiro atoms. The van der Waals surface area contributed by atoms with E-state index in [0.29, 0.717) is 18.7 Å². The summed E-state index contributed by atoms with van der Waals surface area (Å²) in [7, 11) is -3.62. The fourth-order valence-electron chi connectivity index (χ4n) is 3.63. The summed E-state index contributed by atoms with van der Waals surface area (Å²) in [5.41, 5.74) is 3.39. The molecule has 0 fully saturated rings. The Balaban J connectivity index is 1.92. The van der Waals surface area contributed by atoms with Crippen molar-refractivity contribution in [3.05, 3.63) is 64.2 Å². The van der Waals surface area contributed by atoms with Crippen LogP contribution >= 0.6 is 0 Å². The lowest BCUT2D eigenvalue weighted by Crippen LogP contribution is -2.32. The fourth-order valence-corrected chi connectivity index (χ4v) is 5.09. The van der Waals surface area contributed by atoms with E-state index in [-0.39, 0.29) is 16.2 Å². The van der Waals surface area contributed by atoms with Crippen molar-refractivity contribution in [1.29, 1.82) is 0 Å². The number of aryl methyl sites for hydroxylation is 3. The molecule has 8 nitrogen and oxygen atoms in total. The van der Waals surface area contributed by atoms with Gasteiger partial charge in [0.05, 0.1) is 4.90 Å². The second kappa shape index (κ2) is 11.2. The van der Waals surface area contributed by atoms with Crippen LogP contribution in [0, 0.1) is 20.8 Å². The van der Waals surface area contributed by atoms with Gasteiger partial charge in [-0.2, -0.15) is 4.31 Å². The summed E-state index contributed by atoms with van der Waals surface area (Å²) in [6, 6.07) is 9.24. The molecule has 0 saturated heterocycles. The van der Waals surface area contributed by atoms with Crippen LogP contribution in [0.2, 0.25) is 0 Å². The molecular weight excluding hydrogens is 444 g/mol. The molecule has 0 radical (unpaired) electrons. The van der Waals surface area contributed by atoms with Crippen LogP contribution in [-0.4, -0.2) is 56.6 Å². The van der Waals surface area contributed by atoms with Crippen LogP contribution in [0.15, 0.2) is 41.3 Å². The van der Waals surface area contributed by atoms with Crippen molar-refractivity contribution in [2.24, 2.45) is 0 Å². The summed E-state index contributed by atoms with van der Waals surface area (Å²) in [5, 5.41) is 2.41. The zero-order valence-corrected chi connectivity index (χ0v) is 20.4. The van der Waals surface area contributed by atoms with Crippen molar-refractivity contribution < 1.29 is 27.5 Å². The second-order valence-electron chi connectivity index (χ2n) is 7.65. The second-order valence-corrected chi connectivity index (χ2v) is 9.59. The van der Waals surface area contributed by atoms with Crippen LogP contribution in [0.5, 0.6) is 0 Å². The van der Waals surface area contributed by atoms with Crippen LogP contribution in [-0.2, 0) is 19.6 Å². The number of carbonyl (C=O) groups excluding carboxylic acids is 3. The maximum Gasteiger partial charge on any atom is 0.325 e. The van der Waals surface area contributed by atoms with Crippen molar-refractivity contribution in [3.8, 4) is 0 Å². The third-order valence-corrected chi connectivity index (χ3v) is 7.24. The first kappa shape index (κ1) is 26.2. The Hall–Kier alpha value is -3.04. The number of rotatable bonds is 10. The number of hydrogen-bond donors (Lipinski definition) is 1. The highest BCUT2D eigenvalue weighted by Crippen LogP contribution is 2.18. The molecule has 0 unspecified atom stereocenters. The van der Waals surface area contributed by atoms with E-state index in [9.17, 15) is 22.8 Å². The highest BCUT2D eigenvalue weighted by Gasteiger charge is 2.22. The number of ketones is 1. The molecule has 1 N–H and O–H groups in total. The van der Waals surface area contributed by atoms with Gasteiger partial charge < -0.3 is 10.1 Å². The van der Waals surface area contributed by atoms with Gasteiger partial charge in [0.25, 0.3) is 5.91 Å². The number of hydrogen-bond acceptors (Lipinski definition) is 6. The number of amides is 1. The molecule has 0 heterocycles. The lowest BCUT2D eigenvalue weighted by Gasteiger charge is -2.18. The molecule has 0 bridgehead atoms. The van der Waals surface area contributed by atoms with Crippen LogP contribution in [0.25, 0.3) is 0 Å². The van der Waals surface area contributed by atoms with Gasteiger partial charge in [0, 0.05) is 24.2 Å². The van der Waals surface area contributed by atoms with Crippen LogP contribution in [0.3, 0.4) is 0 Å². The first-order valence-corrected chi connectivity index (χ1v) is 12.1. The Morgan fingerprint density at radius 1 is 0.939 bits per heavy atom. The maximum atomic E-state index is 12.5. The quantitative estimate of drug-likeness (QED) is 0.419. The largest absolute Gasteiger partial charge is 0.456 e. The molecule has 0 saturated carbocycles. The van der Waals surface area contributed by atoms with Crippen molar-refractivity contribution in [3.63, 3.8) is 0 Å². The highest BCUT2D eigenvalue weighted by atomic mass is 32.2. The Morgan fingerprint density at radius 2 is 1.48 bits per heavy atom. The Kier molecular flexibility index (Phi) is 8.90. The summed E-state index contributed by atoms with van der Waals surface area (Å²) >= 11 is 0. The SMILES string of the molecule is CCN(CC)S(=O)(=O)c1ccc(C(=O)NCC(=O)OCC(=O)c2c(C)cc(C)cc2C)cc1. The molecule has 178 valence electrons. The van der Waals surface area contributed by atoms with Gasteiger partial charge in [-0.3, -0.25) is 14.4 Å². The smallest absolute Gasteiger partial charge is 0.325 e. The lowest BCUT2D eigenvalue weighted by molar-refractivity contribution is -0.141. The molecule has 0 atom stereocenters. The van der Waals surface area contributed by atoms with E-state index in [1.807, 2.05) is 32.9 Å². The van der Waals surface area contributed by atoms with Crippen molar-refractivity contribution >= 4 is 27.7 Å². The van der Waals surface area contributed by atoms with E-state index in [1.54, 1.807) is 13.8 Å². The van der Waals surface area contributed by atoms with Gasteiger partial charge in [-0.05, 0) is 56.2 Å². The first-order chi connectivity index (χ1) is 15.5. The Labute approximate surface area is 195 Å². The minimum absolute atomic E-state index is 0.0855. The van der Waals surface area contributed by atoms with E-state index >= 15 is 0 Å². The Bertz CT molecular complexity index is 1110. The van der Waals surface area contributed by atoms with Crippen LogP contribution in [0.4, 0.5) is 0 Å². The first-order valence-electron chi connectivity index (χ1n) is 10.7. The third kappa shape index (κ3) is 6.49. The molecule has 2 aromatic carbocycles. The van der Waals surface area contributed by atoms with E-state index in [0.717, 1.165) is 16.7 Å². The highest BCUT2D eigenvalue weighted by molar-refractivity contribution is 7.89.